The van der Waals surface area contributed by atoms with E-state index in [4.69, 9.17) is 4.42 Å². The molecule has 1 heterocycles. The molecule has 2 aromatic rings. The Balaban J connectivity index is 1.83. The smallest absolute Gasteiger partial charge is 0.313 e. The van der Waals surface area contributed by atoms with Crippen molar-refractivity contribution in [3.8, 4) is 0 Å². The summed E-state index contributed by atoms with van der Waals surface area (Å²) in [5.74, 6) is -0.971. The minimum atomic E-state index is -1.21. The standard InChI is InChI=1S/C17H20N2O4/c1-12-5-7-13(8-6-12)19-16(21)15(20)18-11-17(2,22)10-14-4-3-9-23-14/h3-9,22H,10-11H2,1-2H3,(H,18,20)(H,19,21). The zero-order chi connectivity index (χ0) is 16.9. The summed E-state index contributed by atoms with van der Waals surface area (Å²) >= 11 is 0. The van der Waals surface area contributed by atoms with Crippen molar-refractivity contribution in [2.45, 2.75) is 25.9 Å². The number of hydrogen-bond donors (Lipinski definition) is 3. The molecule has 0 aliphatic heterocycles. The van der Waals surface area contributed by atoms with Crippen molar-refractivity contribution < 1.29 is 19.1 Å². The summed E-state index contributed by atoms with van der Waals surface area (Å²) in [5, 5.41) is 15.2. The first kappa shape index (κ1) is 16.8. The Kier molecular flexibility index (Phi) is 5.18. The number of amides is 2. The highest BCUT2D eigenvalue weighted by atomic mass is 16.3. The number of hydrogen-bond acceptors (Lipinski definition) is 4. The van der Waals surface area contributed by atoms with Gasteiger partial charge in [-0.3, -0.25) is 9.59 Å². The Hall–Kier alpha value is -2.60. The van der Waals surface area contributed by atoms with Gasteiger partial charge in [0, 0.05) is 18.7 Å². The molecule has 0 aliphatic rings. The van der Waals surface area contributed by atoms with E-state index in [9.17, 15) is 14.7 Å². The maximum Gasteiger partial charge on any atom is 0.313 e. The van der Waals surface area contributed by atoms with Crippen molar-refractivity contribution in [2.24, 2.45) is 0 Å². The summed E-state index contributed by atoms with van der Waals surface area (Å²) in [7, 11) is 0. The van der Waals surface area contributed by atoms with Crippen LogP contribution < -0.4 is 10.6 Å². The molecule has 1 aromatic heterocycles. The molecule has 122 valence electrons. The Morgan fingerprint density at radius 3 is 2.48 bits per heavy atom. The van der Waals surface area contributed by atoms with E-state index in [-0.39, 0.29) is 13.0 Å². The highest BCUT2D eigenvalue weighted by Gasteiger charge is 2.25. The minimum absolute atomic E-state index is 0.0617. The van der Waals surface area contributed by atoms with E-state index in [1.54, 1.807) is 31.2 Å². The molecule has 3 N–H and O–H groups in total. The fourth-order valence-corrected chi connectivity index (χ4v) is 2.03. The van der Waals surface area contributed by atoms with Crippen LogP contribution >= 0.6 is 0 Å². The Morgan fingerprint density at radius 1 is 1.17 bits per heavy atom. The fourth-order valence-electron chi connectivity index (χ4n) is 2.03. The highest BCUT2D eigenvalue weighted by Crippen LogP contribution is 2.13. The van der Waals surface area contributed by atoms with Gasteiger partial charge in [0.05, 0.1) is 11.9 Å². The lowest BCUT2D eigenvalue weighted by molar-refractivity contribution is -0.136. The molecule has 2 amide bonds. The van der Waals surface area contributed by atoms with Gasteiger partial charge >= 0.3 is 11.8 Å². The Bertz CT molecular complexity index is 660. The third kappa shape index (κ3) is 5.27. The predicted octanol–water partition coefficient (Wildman–Crippen LogP) is 1.64. The van der Waals surface area contributed by atoms with Gasteiger partial charge in [-0.25, -0.2) is 0 Å². The van der Waals surface area contributed by atoms with Crippen LogP contribution in [0.5, 0.6) is 0 Å². The van der Waals surface area contributed by atoms with Crippen LogP contribution in [0.25, 0.3) is 0 Å². The Morgan fingerprint density at radius 2 is 1.87 bits per heavy atom. The van der Waals surface area contributed by atoms with Crippen LogP contribution in [-0.2, 0) is 16.0 Å². The van der Waals surface area contributed by atoms with Crippen LogP contribution in [0.1, 0.15) is 18.2 Å². The average Bonchev–Trinajstić information content (AvgIpc) is 2.99. The fraction of sp³-hybridized carbons (Fsp3) is 0.294. The van der Waals surface area contributed by atoms with Crippen LogP contribution in [0, 0.1) is 6.92 Å². The molecule has 6 nitrogen and oxygen atoms in total. The summed E-state index contributed by atoms with van der Waals surface area (Å²) in [4.78, 5) is 23.6. The largest absolute Gasteiger partial charge is 0.469 e. The first-order chi connectivity index (χ1) is 10.9. The first-order valence-corrected chi connectivity index (χ1v) is 7.26. The molecule has 0 spiro atoms. The molecule has 0 fully saturated rings. The molecule has 0 saturated carbocycles. The van der Waals surface area contributed by atoms with Crippen molar-refractivity contribution in [2.75, 3.05) is 11.9 Å². The molecule has 0 saturated heterocycles. The lowest BCUT2D eigenvalue weighted by atomic mass is 10.0. The van der Waals surface area contributed by atoms with Gasteiger partial charge in [-0.15, -0.1) is 0 Å². The Labute approximate surface area is 134 Å². The van der Waals surface area contributed by atoms with E-state index in [0.29, 0.717) is 11.4 Å². The van der Waals surface area contributed by atoms with Crippen molar-refractivity contribution in [1.82, 2.24) is 5.32 Å². The number of carbonyl (C=O) groups excluding carboxylic acids is 2. The number of aryl methyl sites for hydroxylation is 1. The summed E-state index contributed by atoms with van der Waals surface area (Å²) < 4.78 is 5.16. The normalized spacial score (nSPS) is 13.2. The summed E-state index contributed by atoms with van der Waals surface area (Å²) in [5.41, 5.74) is 0.386. The first-order valence-electron chi connectivity index (χ1n) is 7.26. The second-order valence-corrected chi connectivity index (χ2v) is 5.76. The summed E-state index contributed by atoms with van der Waals surface area (Å²) in [6, 6.07) is 10.6. The van der Waals surface area contributed by atoms with Crippen LogP contribution in [0.4, 0.5) is 5.69 Å². The maximum absolute atomic E-state index is 11.8. The quantitative estimate of drug-likeness (QED) is 0.731. The summed E-state index contributed by atoms with van der Waals surface area (Å²) in [6.07, 6.45) is 1.75. The molecular weight excluding hydrogens is 296 g/mol. The maximum atomic E-state index is 11.8. The predicted molar refractivity (Wildman–Crippen MR) is 85.9 cm³/mol. The number of carbonyl (C=O) groups is 2. The van der Waals surface area contributed by atoms with Gasteiger partial charge in [0.25, 0.3) is 0 Å². The van der Waals surface area contributed by atoms with Gasteiger partial charge in [-0.05, 0) is 38.1 Å². The molecule has 0 bridgehead atoms. The van der Waals surface area contributed by atoms with Crippen molar-refractivity contribution in [3.05, 3.63) is 54.0 Å². The number of nitrogens with one attached hydrogen (secondary N) is 2. The molecule has 1 unspecified atom stereocenters. The van der Waals surface area contributed by atoms with Gasteiger partial charge in [0.2, 0.25) is 0 Å². The average molecular weight is 316 g/mol. The number of anilines is 1. The topological polar surface area (TPSA) is 91.6 Å². The van der Waals surface area contributed by atoms with Crippen LogP contribution in [0.3, 0.4) is 0 Å². The molecule has 0 radical (unpaired) electrons. The van der Waals surface area contributed by atoms with Gasteiger partial charge < -0.3 is 20.2 Å². The second-order valence-electron chi connectivity index (χ2n) is 5.76. The lowest BCUT2D eigenvalue weighted by Crippen LogP contribution is -2.45. The number of rotatable bonds is 5. The van der Waals surface area contributed by atoms with Gasteiger partial charge in [0.1, 0.15) is 5.76 Å². The third-order valence-electron chi connectivity index (χ3n) is 3.28. The van der Waals surface area contributed by atoms with Gasteiger partial charge in [-0.2, -0.15) is 0 Å². The van der Waals surface area contributed by atoms with E-state index in [2.05, 4.69) is 10.6 Å². The second kappa shape index (κ2) is 7.11. The third-order valence-corrected chi connectivity index (χ3v) is 3.28. The molecule has 1 atom stereocenters. The van der Waals surface area contributed by atoms with Crippen LogP contribution in [0.2, 0.25) is 0 Å². The van der Waals surface area contributed by atoms with Gasteiger partial charge in [0.15, 0.2) is 0 Å². The van der Waals surface area contributed by atoms with E-state index in [1.807, 2.05) is 19.1 Å². The van der Waals surface area contributed by atoms with Crippen molar-refractivity contribution in [3.63, 3.8) is 0 Å². The highest BCUT2D eigenvalue weighted by molar-refractivity contribution is 6.39. The lowest BCUT2D eigenvalue weighted by Gasteiger charge is -2.22. The van der Waals surface area contributed by atoms with Crippen LogP contribution in [0.15, 0.2) is 47.1 Å². The molecule has 23 heavy (non-hydrogen) atoms. The van der Waals surface area contributed by atoms with Crippen LogP contribution in [-0.4, -0.2) is 29.1 Å². The molecule has 6 heteroatoms. The minimum Gasteiger partial charge on any atom is -0.469 e. The van der Waals surface area contributed by atoms with E-state index < -0.39 is 17.4 Å². The number of aliphatic hydroxyl groups is 1. The molecule has 0 aliphatic carbocycles. The molecular formula is C17H20N2O4. The van der Waals surface area contributed by atoms with Crippen molar-refractivity contribution >= 4 is 17.5 Å². The van der Waals surface area contributed by atoms with E-state index in [1.165, 1.54) is 6.26 Å². The van der Waals surface area contributed by atoms with E-state index >= 15 is 0 Å². The molecule has 2 rings (SSSR count). The van der Waals surface area contributed by atoms with E-state index in [0.717, 1.165) is 5.56 Å². The monoisotopic (exact) mass is 316 g/mol. The zero-order valence-corrected chi connectivity index (χ0v) is 13.1. The SMILES string of the molecule is Cc1ccc(NC(=O)C(=O)NCC(C)(O)Cc2ccco2)cc1. The number of benzene rings is 1. The van der Waals surface area contributed by atoms with Gasteiger partial charge in [-0.1, -0.05) is 17.7 Å². The van der Waals surface area contributed by atoms with Crippen molar-refractivity contribution in [1.29, 1.82) is 0 Å². The molecule has 1 aromatic carbocycles. The zero-order valence-electron chi connectivity index (χ0n) is 13.1. The summed E-state index contributed by atoms with van der Waals surface area (Å²) in [6.45, 7) is 3.43. The number of furan rings is 1.